The topological polar surface area (TPSA) is 72.5 Å². The lowest BCUT2D eigenvalue weighted by Gasteiger charge is -2.16. The summed E-state index contributed by atoms with van der Waals surface area (Å²) in [7, 11) is 0. The number of aryl methyl sites for hydroxylation is 2. The van der Waals surface area contributed by atoms with Gasteiger partial charge in [-0.2, -0.15) is 0 Å². The van der Waals surface area contributed by atoms with Crippen LogP contribution in [0.3, 0.4) is 0 Å². The van der Waals surface area contributed by atoms with Gasteiger partial charge >= 0.3 is 5.97 Å². The lowest BCUT2D eigenvalue weighted by atomic mass is 9.89. The quantitative estimate of drug-likeness (QED) is 0.538. The molecule has 1 aliphatic rings. The highest BCUT2D eigenvalue weighted by Crippen LogP contribution is 2.23. The first kappa shape index (κ1) is 21.6. The molecule has 0 aliphatic heterocycles. The number of ether oxygens (including phenoxy) is 1. The number of rotatable bonds is 7. The van der Waals surface area contributed by atoms with Crippen molar-refractivity contribution in [3.8, 4) is 0 Å². The number of hydrogen-bond donors (Lipinski definition) is 1. The van der Waals surface area contributed by atoms with E-state index >= 15 is 0 Å². The number of fused-ring (bicyclic) bond motifs is 1. The van der Waals surface area contributed by atoms with Crippen LogP contribution in [0.2, 0.25) is 0 Å². The molecule has 0 saturated heterocycles. The Balaban J connectivity index is 1.48. The van der Waals surface area contributed by atoms with E-state index in [0.717, 1.165) is 37.8 Å². The third-order valence-corrected chi connectivity index (χ3v) is 5.09. The summed E-state index contributed by atoms with van der Waals surface area (Å²) >= 11 is 0. The minimum atomic E-state index is -1.19. The first-order chi connectivity index (χ1) is 14.3. The Bertz CT molecular complexity index is 974. The largest absolute Gasteiger partial charge is 0.453 e. The SMILES string of the molecule is C[C@H](OC(=O)CCC(=O)c1ccc2c(c1)CCCC2)C(=O)Nc1ccc(F)cc1F. The summed E-state index contributed by atoms with van der Waals surface area (Å²) in [5.74, 6) is -3.32. The number of carbonyl (C=O) groups excluding carboxylic acids is 3. The third-order valence-electron chi connectivity index (χ3n) is 5.09. The van der Waals surface area contributed by atoms with E-state index in [4.69, 9.17) is 4.74 Å². The lowest BCUT2D eigenvalue weighted by Crippen LogP contribution is -2.30. The standard InChI is InChI=1S/C23H23F2NO4/c1-14(23(29)26-20-9-8-18(24)13-19(20)25)30-22(28)11-10-21(27)17-7-6-15-4-2-3-5-16(15)12-17/h6-9,12-14H,2-5,10-11H2,1H3,(H,26,29)/t14-/m0/s1. The zero-order valence-corrected chi connectivity index (χ0v) is 16.7. The van der Waals surface area contributed by atoms with Crippen molar-refractivity contribution in [3.05, 3.63) is 64.7 Å². The van der Waals surface area contributed by atoms with Gasteiger partial charge in [-0.15, -0.1) is 0 Å². The first-order valence-electron chi connectivity index (χ1n) is 9.94. The average molecular weight is 415 g/mol. The number of halogens is 2. The summed E-state index contributed by atoms with van der Waals surface area (Å²) < 4.78 is 31.6. The number of anilines is 1. The van der Waals surface area contributed by atoms with Crippen molar-refractivity contribution in [2.24, 2.45) is 0 Å². The van der Waals surface area contributed by atoms with Crippen molar-refractivity contribution in [2.75, 3.05) is 5.32 Å². The summed E-state index contributed by atoms with van der Waals surface area (Å²) in [4.78, 5) is 36.5. The molecular weight excluding hydrogens is 392 g/mol. The van der Waals surface area contributed by atoms with Crippen LogP contribution in [0.5, 0.6) is 0 Å². The van der Waals surface area contributed by atoms with Gasteiger partial charge in [0.1, 0.15) is 11.6 Å². The second-order valence-electron chi connectivity index (χ2n) is 7.36. The number of nitrogens with one attached hydrogen (secondary N) is 1. The van der Waals surface area contributed by atoms with E-state index < -0.39 is 29.6 Å². The van der Waals surface area contributed by atoms with Crippen LogP contribution >= 0.6 is 0 Å². The molecule has 1 atom stereocenters. The highest BCUT2D eigenvalue weighted by molar-refractivity contribution is 5.98. The van der Waals surface area contributed by atoms with Gasteiger partial charge in [-0.05, 0) is 61.9 Å². The number of carbonyl (C=O) groups is 3. The smallest absolute Gasteiger partial charge is 0.307 e. The van der Waals surface area contributed by atoms with Crippen LogP contribution < -0.4 is 5.32 Å². The number of benzene rings is 2. The fraction of sp³-hybridized carbons (Fsp3) is 0.348. The fourth-order valence-corrected chi connectivity index (χ4v) is 3.40. The molecule has 3 rings (SSSR count). The van der Waals surface area contributed by atoms with E-state index in [1.807, 2.05) is 12.1 Å². The predicted octanol–water partition coefficient (Wildman–Crippen LogP) is 4.38. The van der Waals surface area contributed by atoms with Crippen LogP contribution in [0, 0.1) is 11.6 Å². The normalized spacial score (nSPS) is 13.8. The third kappa shape index (κ3) is 5.49. The van der Waals surface area contributed by atoms with Gasteiger partial charge in [-0.25, -0.2) is 8.78 Å². The molecular formula is C23H23F2NO4. The van der Waals surface area contributed by atoms with Crippen molar-refractivity contribution in [1.82, 2.24) is 0 Å². The van der Waals surface area contributed by atoms with E-state index in [0.29, 0.717) is 11.6 Å². The Hall–Kier alpha value is -3.09. The van der Waals surface area contributed by atoms with Crippen molar-refractivity contribution in [1.29, 1.82) is 0 Å². The Kier molecular flexibility index (Phi) is 6.92. The molecule has 1 aliphatic carbocycles. The molecule has 0 fully saturated rings. The summed E-state index contributed by atoms with van der Waals surface area (Å²) in [6, 6.07) is 8.37. The molecule has 0 aromatic heterocycles. The highest BCUT2D eigenvalue weighted by Gasteiger charge is 2.20. The minimum absolute atomic E-state index is 0.0292. The molecule has 0 radical (unpaired) electrons. The molecule has 2 aromatic rings. The molecule has 0 unspecified atom stereocenters. The van der Waals surface area contributed by atoms with Crippen molar-refractivity contribution >= 4 is 23.3 Å². The minimum Gasteiger partial charge on any atom is -0.453 e. The highest BCUT2D eigenvalue weighted by atomic mass is 19.1. The van der Waals surface area contributed by atoms with E-state index in [2.05, 4.69) is 5.32 Å². The maximum Gasteiger partial charge on any atom is 0.307 e. The number of esters is 1. The Labute approximate surface area is 173 Å². The molecule has 0 heterocycles. The Morgan fingerprint density at radius 3 is 2.47 bits per heavy atom. The molecule has 7 heteroatoms. The molecule has 158 valence electrons. The van der Waals surface area contributed by atoms with Crippen LogP contribution in [-0.4, -0.2) is 23.8 Å². The fourth-order valence-electron chi connectivity index (χ4n) is 3.40. The summed E-state index contributed by atoms with van der Waals surface area (Å²) in [5, 5.41) is 2.24. The monoisotopic (exact) mass is 415 g/mol. The van der Waals surface area contributed by atoms with Gasteiger partial charge in [0.2, 0.25) is 0 Å². The van der Waals surface area contributed by atoms with Gasteiger partial charge in [-0.3, -0.25) is 14.4 Å². The Morgan fingerprint density at radius 1 is 1.00 bits per heavy atom. The maximum absolute atomic E-state index is 13.6. The van der Waals surface area contributed by atoms with E-state index in [1.54, 1.807) is 6.07 Å². The van der Waals surface area contributed by atoms with E-state index in [9.17, 15) is 23.2 Å². The second-order valence-corrected chi connectivity index (χ2v) is 7.36. The number of ketones is 1. The zero-order chi connectivity index (χ0) is 21.7. The average Bonchev–Trinajstić information content (AvgIpc) is 2.73. The maximum atomic E-state index is 13.6. The number of amides is 1. The van der Waals surface area contributed by atoms with Gasteiger partial charge in [-0.1, -0.05) is 12.1 Å². The number of Topliss-reactive ketones (excluding diaryl/α,β-unsaturated/α-hetero) is 1. The van der Waals surface area contributed by atoms with Gasteiger partial charge in [0.25, 0.3) is 5.91 Å². The van der Waals surface area contributed by atoms with Crippen LogP contribution in [0.25, 0.3) is 0 Å². The second kappa shape index (κ2) is 9.61. The molecule has 0 bridgehead atoms. The van der Waals surface area contributed by atoms with Gasteiger partial charge < -0.3 is 10.1 Å². The van der Waals surface area contributed by atoms with Crippen molar-refractivity contribution in [3.63, 3.8) is 0 Å². The van der Waals surface area contributed by atoms with Gasteiger partial charge in [0.15, 0.2) is 11.9 Å². The molecule has 2 aromatic carbocycles. The summed E-state index contributed by atoms with van der Waals surface area (Å²) in [5.41, 5.74) is 2.82. The predicted molar refractivity (Wildman–Crippen MR) is 107 cm³/mol. The summed E-state index contributed by atoms with van der Waals surface area (Å²) in [6.45, 7) is 1.33. The van der Waals surface area contributed by atoms with Crippen LogP contribution in [0.15, 0.2) is 36.4 Å². The van der Waals surface area contributed by atoms with Gasteiger partial charge in [0, 0.05) is 18.1 Å². The van der Waals surface area contributed by atoms with E-state index in [-0.39, 0.29) is 24.3 Å². The molecule has 30 heavy (non-hydrogen) atoms. The summed E-state index contributed by atoms with van der Waals surface area (Å²) in [6.07, 6.45) is 2.86. The van der Waals surface area contributed by atoms with Crippen molar-refractivity contribution < 1.29 is 27.9 Å². The van der Waals surface area contributed by atoms with Crippen LogP contribution in [0.4, 0.5) is 14.5 Å². The number of hydrogen-bond acceptors (Lipinski definition) is 4. The molecule has 1 N–H and O–H groups in total. The lowest BCUT2D eigenvalue weighted by molar-refractivity contribution is -0.153. The zero-order valence-electron chi connectivity index (χ0n) is 16.7. The van der Waals surface area contributed by atoms with Gasteiger partial charge in [0.05, 0.1) is 12.1 Å². The van der Waals surface area contributed by atoms with Crippen LogP contribution in [-0.2, 0) is 27.2 Å². The molecule has 0 spiro atoms. The van der Waals surface area contributed by atoms with Crippen LogP contribution in [0.1, 0.15) is 54.1 Å². The first-order valence-corrected chi connectivity index (χ1v) is 9.94. The van der Waals surface area contributed by atoms with E-state index in [1.165, 1.54) is 18.1 Å². The molecule has 1 amide bonds. The molecule has 0 saturated carbocycles. The Morgan fingerprint density at radius 2 is 1.73 bits per heavy atom. The van der Waals surface area contributed by atoms with Crippen molar-refractivity contribution in [2.45, 2.75) is 51.6 Å². The molecule has 5 nitrogen and oxygen atoms in total.